The lowest BCUT2D eigenvalue weighted by Crippen LogP contribution is -2.42. The summed E-state index contributed by atoms with van der Waals surface area (Å²) in [6, 6.07) is 11.8. The molecule has 8 nitrogen and oxygen atoms in total. The lowest BCUT2D eigenvalue weighted by Gasteiger charge is -2.36. The molecule has 2 aromatic carbocycles. The zero-order valence-corrected chi connectivity index (χ0v) is 14.7. The minimum atomic E-state index is -0.462. The van der Waals surface area contributed by atoms with E-state index in [0.717, 1.165) is 11.1 Å². The summed E-state index contributed by atoms with van der Waals surface area (Å²) in [5.74, 6) is -0.108. The lowest BCUT2D eigenvalue weighted by atomic mass is 9.79. The van der Waals surface area contributed by atoms with Gasteiger partial charge < -0.3 is 5.32 Å². The van der Waals surface area contributed by atoms with Crippen molar-refractivity contribution in [3.63, 3.8) is 0 Å². The zero-order chi connectivity index (χ0) is 19.6. The first-order chi connectivity index (χ1) is 12.9. The smallest absolute Gasteiger partial charge is 0.269 e. The average molecular weight is 369 g/mol. The highest BCUT2D eigenvalue weighted by Crippen LogP contribution is 2.37. The predicted octanol–water partition coefficient (Wildman–Crippen LogP) is 3.87. The Balaban J connectivity index is 1.88. The number of nitrogens with zero attached hydrogens (tertiary/aromatic N) is 2. The van der Waals surface area contributed by atoms with Crippen molar-refractivity contribution < 1.29 is 14.6 Å². The highest BCUT2D eigenvalue weighted by Gasteiger charge is 2.36. The molecule has 0 amide bonds. The number of nitrogens with one attached hydrogen (secondary N) is 1. The largest absolute Gasteiger partial charge is 0.302 e. The van der Waals surface area contributed by atoms with Gasteiger partial charge in [-0.2, -0.15) is 0 Å². The molecule has 1 aliphatic heterocycles. The minimum Gasteiger partial charge on any atom is -0.302 e. The molecule has 2 aromatic rings. The number of hydrogen-bond acceptors (Lipinski definition) is 6. The number of ketones is 1. The van der Waals surface area contributed by atoms with E-state index in [-0.39, 0.29) is 35.2 Å². The third-order valence-corrected chi connectivity index (χ3v) is 5.01. The molecule has 0 bridgehead atoms. The molecular formula is C19H19N3O5. The van der Waals surface area contributed by atoms with Gasteiger partial charge in [0.25, 0.3) is 11.4 Å². The topological polar surface area (TPSA) is 115 Å². The maximum atomic E-state index is 12.7. The Morgan fingerprint density at radius 2 is 1.41 bits per heavy atom. The van der Waals surface area contributed by atoms with Gasteiger partial charge in [-0.05, 0) is 17.5 Å². The molecule has 0 saturated carbocycles. The summed E-state index contributed by atoms with van der Waals surface area (Å²) in [6.45, 7) is 1.94. The Bertz CT molecular complexity index is 864. The number of non-ortho nitro benzene ring substituents is 2. The Labute approximate surface area is 155 Å². The molecule has 27 heavy (non-hydrogen) atoms. The fourth-order valence-corrected chi connectivity index (χ4v) is 3.57. The average Bonchev–Trinajstić information content (AvgIpc) is 2.67. The van der Waals surface area contributed by atoms with Crippen molar-refractivity contribution >= 4 is 17.2 Å². The third kappa shape index (κ3) is 3.85. The molecule has 1 heterocycles. The van der Waals surface area contributed by atoms with E-state index >= 15 is 0 Å². The fourth-order valence-electron chi connectivity index (χ4n) is 3.57. The van der Waals surface area contributed by atoms with Gasteiger partial charge in [-0.15, -0.1) is 0 Å². The number of piperidine rings is 1. The molecule has 0 radical (unpaired) electrons. The number of benzene rings is 2. The van der Waals surface area contributed by atoms with E-state index in [4.69, 9.17) is 0 Å². The number of carbonyl (C=O) groups is 1. The molecule has 0 spiro atoms. The van der Waals surface area contributed by atoms with E-state index in [1.165, 1.54) is 24.3 Å². The van der Waals surface area contributed by atoms with Crippen LogP contribution < -0.4 is 5.32 Å². The van der Waals surface area contributed by atoms with Crippen molar-refractivity contribution in [1.29, 1.82) is 0 Å². The molecule has 0 aliphatic carbocycles. The summed E-state index contributed by atoms with van der Waals surface area (Å²) in [6.07, 6.45) is 0.959. The van der Waals surface area contributed by atoms with Gasteiger partial charge in [0, 0.05) is 48.7 Å². The van der Waals surface area contributed by atoms with Crippen molar-refractivity contribution in [1.82, 2.24) is 5.32 Å². The minimum absolute atomic E-state index is 0.000704. The van der Waals surface area contributed by atoms with Crippen molar-refractivity contribution in [2.24, 2.45) is 5.92 Å². The van der Waals surface area contributed by atoms with E-state index in [9.17, 15) is 25.0 Å². The third-order valence-electron chi connectivity index (χ3n) is 5.01. The molecule has 1 N–H and O–H groups in total. The summed E-state index contributed by atoms with van der Waals surface area (Å²) in [4.78, 5) is 33.5. The summed E-state index contributed by atoms with van der Waals surface area (Å²) in [7, 11) is 0. The van der Waals surface area contributed by atoms with Crippen molar-refractivity contribution in [2.45, 2.75) is 31.8 Å². The Kier molecular flexibility index (Phi) is 5.27. The van der Waals surface area contributed by atoms with Gasteiger partial charge in [0.1, 0.15) is 5.78 Å². The van der Waals surface area contributed by atoms with Gasteiger partial charge in [-0.25, -0.2) is 0 Å². The van der Waals surface area contributed by atoms with E-state index in [0.29, 0.717) is 12.8 Å². The van der Waals surface area contributed by atoms with Crippen LogP contribution in [0.15, 0.2) is 48.5 Å². The first kappa shape index (κ1) is 18.7. The van der Waals surface area contributed by atoms with E-state index in [2.05, 4.69) is 5.32 Å². The highest BCUT2D eigenvalue weighted by atomic mass is 16.6. The van der Waals surface area contributed by atoms with Gasteiger partial charge >= 0.3 is 0 Å². The van der Waals surface area contributed by atoms with Crippen molar-refractivity contribution in [3.05, 3.63) is 79.9 Å². The molecule has 8 heteroatoms. The summed E-state index contributed by atoms with van der Waals surface area (Å²) < 4.78 is 0. The number of Topliss-reactive ketones (excluding diaryl/α,β-unsaturated/α-hetero) is 1. The van der Waals surface area contributed by atoms with Crippen LogP contribution in [0.4, 0.5) is 11.4 Å². The molecule has 1 saturated heterocycles. The summed E-state index contributed by atoms with van der Waals surface area (Å²) in [5.41, 5.74) is 1.61. The first-order valence-electron chi connectivity index (χ1n) is 8.68. The molecule has 140 valence electrons. The van der Waals surface area contributed by atoms with Crippen LogP contribution in [0, 0.1) is 26.1 Å². The molecule has 3 atom stereocenters. The number of nitro groups is 2. The summed E-state index contributed by atoms with van der Waals surface area (Å²) >= 11 is 0. The highest BCUT2D eigenvalue weighted by molar-refractivity contribution is 5.83. The van der Waals surface area contributed by atoms with Crippen LogP contribution in [0.3, 0.4) is 0 Å². The Morgan fingerprint density at radius 1 is 0.926 bits per heavy atom. The Morgan fingerprint density at radius 3 is 1.85 bits per heavy atom. The number of nitro benzene ring substituents is 2. The second-order valence-corrected chi connectivity index (χ2v) is 6.58. The quantitative estimate of drug-likeness (QED) is 0.632. The zero-order valence-electron chi connectivity index (χ0n) is 14.7. The molecule has 1 aliphatic rings. The van der Waals surface area contributed by atoms with E-state index < -0.39 is 9.85 Å². The Hall–Kier alpha value is -3.13. The second-order valence-electron chi connectivity index (χ2n) is 6.58. The van der Waals surface area contributed by atoms with Crippen LogP contribution in [0.5, 0.6) is 0 Å². The first-order valence-corrected chi connectivity index (χ1v) is 8.68. The fraction of sp³-hybridized carbons (Fsp3) is 0.316. The van der Waals surface area contributed by atoms with Crippen LogP contribution in [-0.4, -0.2) is 15.6 Å². The van der Waals surface area contributed by atoms with Crippen LogP contribution in [0.2, 0.25) is 0 Å². The van der Waals surface area contributed by atoms with Crippen LogP contribution >= 0.6 is 0 Å². The molecule has 1 fully saturated rings. The lowest BCUT2D eigenvalue weighted by molar-refractivity contribution is -0.385. The van der Waals surface area contributed by atoms with Gasteiger partial charge in [0.2, 0.25) is 0 Å². The van der Waals surface area contributed by atoms with E-state index in [1.54, 1.807) is 24.3 Å². The van der Waals surface area contributed by atoms with Gasteiger partial charge in [0.15, 0.2) is 0 Å². The predicted molar refractivity (Wildman–Crippen MR) is 98.2 cm³/mol. The number of rotatable bonds is 5. The second kappa shape index (κ2) is 7.63. The maximum absolute atomic E-state index is 12.7. The normalized spacial score (nSPS) is 22.4. The van der Waals surface area contributed by atoms with Crippen LogP contribution in [0.1, 0.15) is 43.0 Å². The molecular weight excluding hydrogens is 350 g/mol. The number of carbonyl (C=O) groups excluding carboxylic acids is 1. The van der Waals surface area contributed by atoms with Gasteiger partial charge in [-0.1, -0.05) is 31.2 Å². The van der Waals surface area contributed by atoms with E-state index in [1.807, 2.05) is 6.92 Å². The van der Waals surface area contributed by atoms with Crippen molar-refractivity contribution in [2.75, 3.05) is 0 Å². The molecule has 0 unspecified atom stereocenters. The summed E-state index contributed by atoms with van der Waals surface area (Å²) in [5, 5.41) is 25.1. The van der Waals surface area contributed by atoms with Gasteiger partial charge in [0.05, 0.1) is 9.85 Å². The standard InChI is InChI=1S/C19H19N3O5/c1-2-16-18(23)11-17(12-3-7-14(8-4-12)21(24)25)20-19(16)13-5-9-15(10-6-13)22(26)27/h3-10,16-17,19-20H,2,11H2,1H3/t16-,17-,19-/m0/s1. The van der Waals surface area contributed by atoms with Gasteiger partial charge in [-0.3, -0.25) is 25.0 Å². The molecule has 0 aromatic heterocycles. The monoisotopic (exact) mass is 369 g/mol. The molecule has 3 rings (SSSR count). The maximum Gasteiger partial charge on any atom is 0.269 e. The van der Waals surface area contributed by atoms with Crippen LogP contribution in [-0.2, 0) is 4.79 Å². The SMILES string of the molecule is CC[C@H]1C(=O)C[C@@H](c2ccc([N+](=O)[O-])cc2)N[C@H]1c1ccc([N+](=O)[O-])cc1. The van der Waals surface area contributed by atoms with Crippen LogP contribution in [0.25, 0.3) is 0 Å². The number of hydrogen-bond donors (Lipinski definition) is 1. The van der Waals surface area contributed by atoms with Crippen molar-refractivity contribution in [3.8, 4) is 0 Å².